The molecule has 1 fully saturated rings. The number of alkyl halides is 3. The van der Waals surface area contributed by atoms with E-state index >= 15 is 0 Å². The molecule has 2 aliphatic rings. The van der Waals surface area contributed by atoms with Crippen LogP contribution in [-0.2, 0) is 29.2 Å². The number of rotatable bonds is 2. The van der Waals surface area contributed by atoms with Gasteiger partial charge in [0.1, 0.15) is 12.2 Å². The predicted molar refractivity (Wildman–Crippen MR) is 106 cm³/mol. The maximum Gasteiger partial charge on any atom is 0.490 e. The maximum atomic E-state index is 12.1. The highest BCUT2D eigenvalue weighted by molar-refractivity contribution is 5.73. The first-order valence-electron chi connectivity index (χ1n) is 9.80. The molecule has 1 spiro atoms. The summed E-state index contributed by atoms with van der Waals surface area (Å²) in [5.41, 5.74) is 2.20. The summed E-state index contributed by atoms with van der Waals surface area (Å²) >= 11 is 0. The summed E-state index contributed by atoms with van der Waals surface area (Å²) in [4.78, 5) is 34.9. The van der Waals surface area contributed by atoms with E-state index in [-0.39, 0.29) is 6.61 Å². The van der Waals surface area contributed by atoms with Crippen molar-refractivity contribution in [3.05, 3.63) is 61.4 Å². The van der Waals surface area contributed by atoms with Crippen molar-refractivity contribution in [2.75, 3.05) is 13.1 Å². The van der Waals surface area contributed by atoms with Gasteiger partial charge in [0.25, 0.3) is 0 Å². The van der Waals surface area contributed by atoms with Gasteiger partial charge in [-0.15, -0.1) is 0 Å². The topological polar surface area (TPSA) is 118 Å². The summed E-state index contributed by atoms with van der Waals surface area (Å²) in [6.07, 6.45) is -4.24. The van der Waals surface area contributed by atoms with Gasteiger partial charge in [-0.3, -0.25) is 19.1 Å². The second-order valence-corrected chi connectivity index (χ2v) is 8.09. The summed E-state index contributed by atoms with van der Waals surface area (Å²) in [6, 6.07) is 6.60. The van der Waals surface area contributed by atoms with E-state index < -0.39 is 28.9 Å². The van der Waals surface area contributed by atoms with Crippen molar-refractivity contribution in [1.82, 2.24) is 19.7 Å². The molecule has 2 N–H and O–H groups in total. The van der Waals surface area contributed by atoms with Crippen LogP contribution in [0.4, 0.5) is 13.2 Å². The van der Waals surface area contributed by atoms with Crippen LogP contribution in [0.1, 0.15) is 28.9 Å². The van der Waals surface area contributed by atoms with Crippen LogP contribution in [0.3, 0.4) is 0 Å². The average molecular weight is 456 g/mol. The molecule has 3 heterocycles. The van der Waals surface area contributed by atoms with Crippen LogP contribution in [-0.4, -0.2) is 55.6 Å². The first kappa shape index (κ1) is 23.7. The van der Waals surface area contributed by atoms with E-state index in [0.717, 1.165) is 26.1 Å². The molecule has 12 heteroatoms. The molecule has 0 amide bonds. The Balaban J connectivity index is 0.000000360. The Morgan fingerprint density at radius 2 is 1.84 bits per heavy atom. The van der Waals surface area contributed by atoms with E-state index in [0.29, 0.717) is 12.4 Å². The number of likely N-dealkylation sites (tertiary alicyclic amines) is 1. The Bertz CT molecular complexity index is 1110. The molecule has 0 aliphatic carbocycles. The first-order chi connectivity index (χ1) is 14.9. The third-order valence-corrected chi connectivity index (χ3v) is 5.32. The van der Waals surface area contributed by atoms with Gasteiger partial charge in [0.15, 0.2) is 5.82 Å². The lowest BCUT2D eigenvalue weighted by molar-refractivity contribution is -0.192. The van der Waals surface area contributed by atoms with E-state index in [1.54, 1.807) is 0 Å². The fourth-order valence-electron chi connectivity index (χ4n) is 4.02. The van der Waals surface area contributed by atoms with Gasteiger partial charge in [0.05, 0.1) is 6.54 Å². The highest BCUT2D eigenvalue weighted by atomic mass is 19.4. The minimum Gasteiger partial charge on any atom is -0.475 e. The molecule has 9 nitrogen and oxygen atoms in total. The van der Waals surface area contributed by atoms with Crippen LogP contribution in [0.5, 0.6) is 0 Å². The molecule has 32 heavy (non-hydrogen) atoms. The number of carboxylic acid groups (broad SMARTS) is 1. The van der Waals surface area contributed by atoms with Gasteiger partial charge in [-0.2, -0.15) is 18.3 Å². The van der Waals surface area contributed by atoms with E-state index in [9.17, 15) is 22.8 Å². The molecule has 0 bridgehead atoms. The number of aryl methyl sites for hydroxylation is 2. The number of aromatic amines is 1. The van der Waals surface area contributed by atoms with Crippen LogP contribution in [0.2, 0.25) is 0 Å². The van der Waals surface area contributed by atoms with Gasteiger partial charge in [0, 0.05) is 19.6 Å². The number of H-pyrrole nitrogens is 1. The Kier molecular flexibility index (Phi) is 6.56. The van der Waals surface area contributed by atoms with Crippen LogP contribution < -0.4 is 11.1 Å². The molecule has 1 aromatic carbocycles. The van der Waals surface area contributed by atoms with Crippen molar-refractivity contribution in [2.24, 2.45) is 0 Å². The molecular weight excluding hydrogens is 433 g/mol. The lowest BCUT2D eigenvalue weighted by Gasteiger charge is -2.34. The normalized spacial score (nSPS) is 20.5. The molecule has 1 saturated heterocycles. The van der Waals surface area contributed by atoms with Crippen molar-refractivity contribution >= 4 is 5.97 Å². The third-order valence-electron chi connectivity index (χ3n) is 5.32. The van der Waals surface area contributed by atoms with Gasteiger partial charge in [0.2, 0.25) is 0 Å². The molecule has 0 radical (unpaired) electrons. The van der Waals surface area contributed by atoms with Crippen LogP contribution in [0, 0.1) is 13.8 Å². The quantitative estimate of drug-likeness (QED) is 0.656. The number of carbonyl (C=O) groups is 1. The number of benzene rings is 1. The lowest BCUT2D eigenvalue weighted by Crippen LogP contribution is -2.51. The van der Waals surface area contributed by atoms with Gasteiger partial charge >= 0.3 is 23.3 Å². The predicted octanol–water partition coefficient (Wildman–Crippen LogP) is 1.36. The number of halogens is 3. The number of carboxylic acids is 1. The molecular formula is C20H23F3N4O5. The summed E-state index contributed by atoms with van der Waals surface area (Å²) in [6.45, 7) is 7.39. The van der Waals surface area contributed by atoms with E-state index in [2.05, 4.69) is 47.1 Å². The number of ether oxygens (including phenoxy) is 1. The van der Waals surface area contributed by atoms with E-state index in [1.165, 1.54) is 21.3 Å². The fourth-order valence-corrected chi connectivity index (χ4v) is 4.02. The van der Waals surface area contributed by atoms with Crippen LogP contribution >= 0.6 is 0 Å². The van der Waals surface area contributed by atoms with Crippen molar-refractivity contribution < 1.29 is 27.8 Å². The highest BCUT2D eigenvalue weighted by Crippen LogP contribution is 2.31. The number of nitrogens with one attached hydrogen (secondary N) is 1. The lowest BCUT2D eigenvalue weighted by atomic mass is 10.0. The Hall–Kier alpha value is -2.99. The number of fused-ring (bicyclic) bond motifs is 1. The number of hydrogen-bond acceptors (Lipinski definition) is 6. The number of nitrogens with zero attached hydrogens (tertiary/aromatic N) is 3. The number of aromatic nitrogens is 3. The molecule has 2 aliphatic heterocycles. The zero-order valence-electron chi connectivity index (χ0n) is 17.5. The molecule has 0 saturated carbocycles. The van der Waals surface area contributed by atoms with Gasteiger partial charge in [-0.05, 0) is 25.8 Å². The standard InChI is InChI=1S/C18H22N4O3.C2HF3O2/c1-12-5-13(2)7-14(6-12)8-21-4-3-18(10-21)11-22-15(9-25-18)19-20-16(23)17(22)24;3-2(4,5)1(6)7/h5-7H,3-4,8-11H2,1-2H3,(H,20,23);(H,6,7). The molecule has 174 valence electrons. The van der Waals surface area contributed by atoms with Crippen molar-refractivity contribution in [3.8, 4) is 0 Å². The van der Waals surface area contributed by atoms with Crippen molar-refractivity contribution in [3.63, 3.8) is 0 Å². The van der Waals surface area contributed by atoms with Crippen LogP contribution in [0.25, 0.3) is 0 Å². The summed E-state index contributed by atoms with van der Waals surface area (Å²) in [5.74, 6) is -2.27. The third kappa shape index (κ3) is 5.43. The minimum atomic E-state index is -5.08. The monoisotopic (exact) mass is 456 g/mol. The maximum absolute atomic E-state index is 12.1. The highest BCUT2D eigenvalue weighted by Gasteiger charge is 2.43. The van der Waals surface area contributed by atoms with Crippen molar-refractivity contribution in [2.45, 2.75) is 51.7 Å². The molecule has 1 atom stereocenters. The average Bonchev–Trinajstić information content (AvgIpc) is 3.06. The fraction of sp³-hybridized carbons (Fsp3) is 0.500. The molecule has 2 aromatic rings. The zero-order valence-corrected chi connectivity index (χ0v) is 17.5. The second kappa shape index (κ2) is 8.87. The summed E-state index contributed by atoms with van der Waals surface area (Å²) < 4.78 is 39.3. The molecule has 4 rings (SSSR count). The van der Waals surface area contributed by atoms with Crippen molar-refractivity contribution in [1.29, 1.82) is 0 Å². The Labute approximate surface area is 180 Å². The molecule has 1 aromatic heterocycles. The smallest absolute Gasteiger partial charge is 0.475 e. The summed E-state index contributed by atoms with van der Waals surface area (Å²) in [5, 5.41) is 13.3. The first-order valence-corrected chi connectivity index (χ1v) is 9.80. The van der Waals surface area contributed by atoms with E-state index in [1.807, 2.05) is 0 Å². The van der Waals surface area contributed by atoms with Gasteiger partial charge in [-0.25, -0.2) is 9.89 Å². The zero-order chi connectivity index (χ0) is 23.7. The molecule has 1 unspecified atom stereocenters. The second-order valence-electron chi connectivity index (χ2n) is 8.09. The largest absolute Gasteiger partial charge is 0.490 e. The number of aliphatic carboxylic acids is 1. The minimum absolute atomic E-state index is 0.253. The Morgan fingerprint density at radius 1 is 1.22 bits per heavy atom. The van der Waals surface area contributed by atoms with Gasteiger partial charge < -0.3 is 9.84 Å². The van der Waals surface area contributed by atoms with Crippen LogP contribution in [0.15, 0.2) is 27.8 Å². The Morgan fingerprint density at radius 3 is 2.44 bits per heavy atom. The van der Waals surface area contributed by atoms with Gasteiger partial charge in [-0.1, -0.05) is 29.3 Å². The SMILES string of the molecule is Cc1cc(C)cc(CN2CCC3(C2)Cn2c(n[nH]c(=O)c2=O)CO3)c1.O=C(O)C(F)(F)F. The van der Waals surface area contributed by atoms with E-state index in [4.69, 9.17) is 14.6 Å². The number of hydrogen-bond donors (Lipinski definition) is 2. The summed E-state index contributed by atoms with van der Waals surface area (Å²) in [7, 11) is 0.